The van der Waals surface area contributed by atoms with Crippen LogP contribution in [0.15, 0.2) is 0 Å². The second-order valence-electron chi connectivity index (χ2n) is 5.83. The lowest BCUT2D eigenvalue weighted by atomic mass is 9.84. The van der Waals surface area contributed by atoms with Crippen molar-refractivity contribution in [3.63, 3.8) is 0 Å². The Labute approximate surface area is 109 Å². The molecule has 2 rings (SSSR count). The fourth-order valence-corrected chi connectivity index (χ4v) is 3.22. The topological polar surface area (TPSA) is 49.4 Å². The third-order valence-corrected chi connectivity index (χ3v) is 4.45. The summed E-state index contributed by atoms with van der Waals surface area (Å²) < 4.78 is 0. The minimum atomic E-state index is -0.642. The van der Waals surface area contributed by atoms with Crippen LogP contribution in [-0.4, -0.2) is 34.3 Å². The van der Waals surface area contributed by atoms with Crippen LogP contribution in [0.4, 0.5) is 0 Å². The van der Waals surface area contributed by atoms with Gasteiger partial charge >= 0.3 is 0 Å². The fraction of sp³-hybridized carbons (Fsp3) is 0.857. The first-order valence-corrected chi connectivity index (χ1v) is 7.12. The van der Waals surface area contributed by atoms with Crippen molar-refractivity contribution in [3.8, 4) is 0 Å². The van der Waals surface area contributed by atoms with Crippen LogP contribution < -0.4 is 5.32 Å². The molecule has 1 aliphatic heterocycles. The van der Waals surface area contributed by atoms with Gasteiger partial charge in [0.2, 0.25) is 11.8 Å². The number of hydrogen-bond acceptors (Lipinski definition) is 2. The molecule has 4 heteroatoms. The second kappa shape index (κ2) is 4.56. The van der Waals surface area contributed by atoms with E-state index in [1.807, 2.05) is 32.6 Å². The maximum atomic E-state index is 12.6. The molecule has 0 aromatic rings. The molecule has 1 unspecified atom stereocenters. The number of nitrogens with one attached hydrogen (secondary N) is 1. The van der Waals surface area contributed by atoms with Crippen molar-refractivity contribution in [1.82, 2.24) is 10.2 Å². The first-order chi connectivity index (χ1) is 8.47. The van der Waals surface area contributed by atoms with Crippen LogP contribution in [-0.2, 0) is 9.59 Å². The van der Waals surface area contributed by atoms with E-state index in [0.717, 1.165) is 12.8 Å². The van der Waals surface area contributed by atoms with Crippen molar-refractivity contribution >= 4 is 11.8 Å². The summed E-state index contributed by atoms with van der Waals surface area (Å²) >= 11 is 0. The lowest BCUT2D eigenvalue weighted by Crippen LogP contribution is -2.72. The van der Waals surface area contributed by atoms with Crippen molar-refractivity contribution in [3.05, 3.63) is 0 Å². The number of rotatable bonds is 4. The zero-order chi connectivity index (χ0) is 13.5. The van der Waals surface area contributed by atoms with Gasteiger partial charge in [0, 0.05) is 6.04 Å². The number of hydrogen-bond donors (Lipinski definition) is 1. The summed E-state index contributed by atoms with van der Waals surface area (Å²) in [6, 6.07) is -0.198. The summed E-state index contributed by atoms with van der Waals surface area (Å²) in [5.74, 6) is 0.530. The highest BCUT2D eigenvalue weighted by atomic mass is 16.2. The van der Waals surface area contributed by atoms with E-state index in [2.05, 4.69) is 5.32 Å². The third-order valence-electron chi connectivity index (χ3n) is 4.45. The molecule has 1 aliphatic carbocycles. The minimum Gasteiger partial charge on any atom is -0.342 e. The molecule has 4 nitrogen and oxygen atoms in total. The molecule has 0 aromatic heterocycles. The van der Waals surface area contributed by atoms with Crippen LogP contribution in [0.1, 0.15) is 53.4 Å². The summed E-state index contributed by atoms with van der Waals surface area (Å²) in [7, 11) is 0. The molecular weight excluding hydrogens is 228 g/mol. The summed E-state index contributed by atoms with van der Waals surface area (Å²) in [5, 5.41) is 2.98. The van der Waals surface area contributed by atoms with Gasteiger partial charge in [-0.3, -0.25) is 9.59 Å². The van der Waals surface area contributed by atoms with E-state index in [0.29, 0.717) is 18.8 Å². The molecule has 1 heterocycles. The zero-order valence-electron chi connectivity index (χ0n) is 11.8. The SMILES string of the molecule is CCC1(CC)C(=O)NC(C2CC2)C(=O)N1C(C)C. The average molecular weight is 252 g/mol. The number of carbonyl (C=O) groups is 2. The number of amides is 2. The Morgan fingerprint density at radius 1 is 1.28 bits per heavy atom. The van der Waals surface area contributed by atoms with E-state index in [9.17, 15) is 9.59 Å². The molecule has 1 atom stereocenters. The Kier molecular flexibility index (Phi) is 3.39. The number of carbonyl (C=O) groups excluding carboxylic acids is 2. The van der Waals surface area contributed by atoms with Crippen molar-refractivity contribution in [2.45, 2.75) is 71.0 Å². The standard InChI is InChI=1S/C14H24N2O2/c1-5-14(6-2)13(18)15-11(10-7-8-10)12(17)16(14)9(3)4/h9-11H,5-8H2,1-4H3,(H,15,18). The molecule has 0 spiro atoms. The van der Waals surface area contributed by atoms with Gasteiger partial charge in [-0.25, -0.2) is 0 Å². The molecule has 2 amide bonds. The molecule has 102 valence electrons. The molecule has 1 saturated carbocycles. The Morgan fingerprint density at radius 3 is 2.22 bits per heavy atom. The third kappa shape index (κ3) is 1.82. The molecular formula is C14H24N2O2. The Bertz CT molecular complexity index is 357. The summed E-state index contributed by atoms with van der Waals surface area (Å²) in [6.07, 6.45) is 3.48. The summed E-state index contributed by atoms with van der Waals surface area (Å²) in [6.45, 7) is 7.98. The first kappa shape index (κ1) is 13.4. The van der Waals surface area contributed by atoms with Crippen LogP contribution in [0.5, 0.6) is 0 Å². The Hall–Kier alpha value is -1.06. The van der Waals surface area contributed by atoms with E-state index >= 15 is 0 Å². The Morgan fingerprint density at radius 2 is 1.83 bits per heavy atom. The molecule has 1 saturated heterocycles. The van der Waals surface area contributed by atoms with E-state index in [1.54, 1.807) is 0 Å². The largest absolute Gasteiger partial charge is 0.342 e. The van der Waals surface area contributed by atoms with Gasteiger partial charge in [0.15, 0.2) is 0 Å². The monoisotopic (exact) mass is 252 g/mol. The molecule has 0 bridgehead atoms. The highest BCUT2D eigenvalue weighted by Crippen LogP contribution is 2.39. The van der Waals surface area contributed by atoms with Crippen molar-refractivity contribution in [2.24, 2.45) is 5.92 Å². The van der Waals surface area contributed by atoms with E-state index < -0.39 is 5.54 Å². The van der Waals surface area contributed by atoms with E-state index in [4.69, 9.17) is 0 Å². The molecule has 1 N–H and O–H groups in total. The highest BCUT2D eigenvalue weighted by molar-refractivity contribution is 6.00. The fourth-order valence-electron chi connectivity index (χ4n) is 3.22. The van der Waals surface area contributed by atoms with Gasteiger partial charge in [-0.05, 0) is 45.4 Å². The summed E-state index contributed by atoms with van der Waals surface area (Å²) in [4.78, 5) is 27.0. The molecule has 18 heavy (non-hydrogen) atoms. The molecule has 0 radical (unpaired) electrons. The van der Waals surface area contributed by atoms with Crippen LogP contribution in [0.3, 0.4) is 0 Å². The van der Waals surface area contributed by atoms with Gasteiger partial charge in [-0.1, -0.05) is 13.8 Å². The lowest BCUT2D eigenvalue weighted by molar-refractivity contribution is -0.161. The predicted octanol–water partition coefficient (Wildman–Crippen LogP) is 1.69. The minimum absolute atomic E-state index is 0.0395. The van der Waals surface area contributed by atoms with Crippen LogP contribution in [0.2, 0.25) is 0 Å². The number of piperazine rings is 1. The van der Waals surface area contributed by atoms with Gasteiger partial charge in [-0.2, -0.15) is 0 Å². The highest BCUT2D eigenvalue weighted by Gasteiger charge is 2.54. The molecule has 2 fully saturated rings. The predicted molar refractivity (Wildman–Crippen MR) is 69.9 cm³/mol. The smallest absolute Gasteiger partial charge is 0.246 e. The van der Waals surface area contributed by atoms with Gasteiger partial charge in [0.05, 0.1) is 0 Å². The zero-order valence-corrected chi connectivity index (χ0v) is 11.8. The van der Waals surface area contributed by atoms with Crippen LogP contribution >= 0.6 is 0 Å². The Balaban J connectivity index is 2.36. The molecule has 0 aromatic carbocycles. The van der Waals surface area contributed by atoms with Crippen molar-refractivity contribution in [2.75, 3.05) is 0 Å². The van der Waals surface area contributed by atoms with Gasteiger partial charge in [0.1, 0.15) is 11.6 Å². The van der Waals surface area contributed by atoms with Gasteiger partial charge in [0.25, 0.3) is 0 Å². The second-order valence-corrected chi connectivity index (χ2v) is 5.83. The maximum absolute atomic E-state index is 12.6. The van der Waals surface area contributed by atoms with Crippen LogP contribution in [0, 0.1) is 5.92 Å². The normalized spacial score (nSPS) is 27.6. The van der Waals surface area contributed by atoms with E-state index in [1.165, 1.54) is 0 Å². The quantitative estimate of drug-likeness (QED) is 0.827. The van der Waals surface area contributed by atoms with Gasteiger partial charge in [-0.15, -0.1) is 0 Å². The number of nitrogens with zero attached hydrogens (tertiary/aromatic N) is 1. The summed E-state index contributed by atoms with van der Waals surface area (Å²) in [5.41, 5.74) is -0.642. The van der Waals surface area contributed by atoms with Crippen molar-refractivity contribution in [1.29, 1.82) is 0 Å². The first-order valence-electron chi connectivity index (χ1n) is 7.12. The van der Waals surface area contributed by atoms with Crippen molar-refractivity contribution < 1.29 is 9.59 Å². The van der Waals surface area contributed by atoms with Crippen LogP contribution in [0.25, 0.3) is 0 Å². The average Bonchev–Trinajstić information content (AvgIpc) is 3.14. The van der Waals surface area contributed by atoms with Gasteiger partial charge < -0.3 is 10.2 Å². The lowest BCUT2D eigenvalue weighted by Gasteiger charge is -2.49. The maximum Gasteiger partial charge on any atom is 0.246 e. The molecule has 2 aliphatic rings. The van der Waals surface area contributed by atoms with E-state index in [-0.39, 0.29) is 23.9 Å².